The van der Waals surface area contributed by atoms with Crippen molar-refractivity contribution in [3.05, 3.63) is 0 Å². The second-order valence-electron chi connectivity index (χ2n) is 4.27. The molecule has 0 amide bonds. The first kappa shape index (κ1) is 17.6. The van der Waals surface area contributed by atoms with Crippen molar-refractivity contribution in [3.63, 3.8) is 0 Å². The molecule has 0 aromatic heterocycles. The van der Waals surface area contributed by atoms with E-state index in [1.54, 1.807) is 0 Å². The van der Waals surface area contributed by atoms with Crippen LogP contribution in [0.15, 0.2) is 0 Å². The Balaban J connectivity index is 3.06. The minimum absolute atomic E-state index is 0.0556. The van der Waals surface area contributed by atoms with Crippen LogP contribution in [0.3, 0.4) is 0 Å². The minimum atomic E-state index is -4.09. The molecule has 0 saturated carbocycles. The predicted octanol–water partition coefficient (Wildman–Crippen LogP) is 4.83. The zero-order valence-corrected chi connectivity index (χ0v) is 11.3. The van der Waals surface area contributed by atoms with E-state index in [0.717, 1.165) is 44.9 Å². The molecule has 0 unspecified atom stereocenters. The number of carboxylic acids is 1. The summed E-state index contributed by atoms with van der Waals surface area (Å²) < 4.78 is 35.3. The number of halogens is 3. The number of aliphatic carboxylic acids is 1. The molecular weight excluding hydrogens is 265 g/mol. The maximum absolute atomic E-state index is 11.8. The summed E-state index contributed by atoms with van der Waals surface area (Å²) in [5, 5.41) is 8.41. The van der Waals surface area contributed by atoms with E-state index in [1.165, 1.54) is 0 Å². The van der Waals surface area contributed by atoms with Crippen LogP contribution in [0.5, 0.6) is 0 Å². The lowest BCUT2D eigenvalue weighted by atomic mass is 10.1. The van der Waals surface area contributed by atoms with Gasteiger partial charge in [0, 0.05) is 12.2 Å². The molecule has 1 N–H and O–H groups in total. The Hall–Kier alpha value is -0.390. The summed E-state index contributed by atoms with van der Waals surface area (Å²) in [5.41, 5.74) is -4.09. The highest BCUT2D eigenvalue weighted by atomic mass is 32.2. The summed E-state index contributed by atoms with van der Waals surface area (Å²) in [4.78, 5) is 10.2. The van der Waals surface area contributed by atoms with Crippen molar-refractivity contribution in [1.29, 1.82) is 0 Å². The first-order valence-corrected chi connectivity index (χ1v) is 7.33. The van der Waals surface area contributed by atoms with Gasteiger partial charge < -0.3 is 5.11 Å². The second kappa shape index (κ2) is 10.5. The maximum Gasteiger partial charge on any atom is 0.441 e. The van der Waals surface area contributed by atoms with Crippen molar-refractivity contribution in [3.8, 4) is 0 Å². The third-order valence-corrected chi connectivity index (χ3v) is 3.37. The van der Waals surface area contributed by atoms with Crippen molar-refractivity contribution in [2.24, 2.45) is 0 Å². The molecule has 0 aliphatic heterocycles. The third-order valence-electron chi connectivity index (χ3n) is 2.55. The van der Waals surface area contributed by atoms with E-state index in [4.69, 9.17) is 5.11 Å². The van der Waals surface area contributed by atoms with E-state index in [1.807, 2.05) is 0 Å². The molecule has 0 aromatic carbocycles. The summed E-state index contributed by atoms with van der Waals surface area (Å²) in [6, 6.07) is 0. The standard InChI is InChI=1S/C12H21F3O2S/c13-12(14,15)18-10-8-6-4-2-1-3-5-7-9-11(16)17/h1-10H2,(H,16,17). The average molecular weight is 286 g/mol. The molecular formula is C12H21F3O2S. The van der Waals surface area contributed by atoms with E-state index in [9.17, 15) is 18.0 Å². The lowest BCUT2D eigenvalue weighted by Crippen LogP contribution is -2.01. The first-order chi connectivity index (χ1) is 8.42. The van der Waals surface area contributed by atoms with Gasteiger partial charge in [0.15, 0.2) is 0 Å². The van der Waals surface area contributed by atoms with Gasteiger partial charge in [0.25, 0.3) is 0 Å². The summed E-state index contributed by atoms with van der Waals surface area (Å²) in [7, 11) is 0. The molecule has 0 bridgehead atoms. The van der Waals surface area contributed by atoms with Crippen LogP contribution in [-0.4, -0.2) is 22.3 Å². The lowest BCUT2D eigenvalue weighted by molar-refractivity contribution is -0.137. The van der Waals surface area contributed by atoms with E-state index < -0.39 is 11.5 Å². The van der Waals surface area contributed by atoms with Gasteiger partial charge in [-0.1, -0.05) is 50.3 Å². The third kappa shape index (κ3) is 15.6. The number of thioether (sulfide) groups is 1. The van der Waals surface area contributed by atoms with E-state index in [0.29, 0.717) is 6.42 Å². The van der Waals surface area contributed by atoms with E-state index in [2.05, 4.69) is 0 Å². The van der Waals surface area contributed by atoms with Crippen LogP contribution in [0.25, 0.3) is 0 Å². The fraction of sp³-hybridized carbons (Fsp3) is 0.917. The number of unbranched alkanes of at least 4 members (excludes halogenated alkanes) is 7. The Bertz CT molecular complexity index is 220. The van der Waals surface area contributed by atoms with Gasteiger partial charge in [-0.3, -0.25) is 4.79 Å². The quantitative estimate of drug-likeness (QED) is 0.552. The molecule has 0 rings (SSSR count). The molecule has 0 heterocycles. The van der Waals surface area contributed by atoms with Crippen molar-refractivity contribution in [1.82, 2.24) is 0 Å². The van der Waals surface area contributed by atoms with Gasteiger partial charge in [0.1, 0.15) is 0 Å². The normalized spacial score (nSPS) is 11.7. The highest BCUT2D eigenvalue weighted by Crippen LogP contribution is 2.30. The van der Waals surface area contributed by atoms with Gasteiger partial charge in [0.2, 0.25) is 0 Å². The average Bonchev–Trinajstić information content (AvgIpc) is 2.24. The lowest BCUT2D eigenvalue weighted by Gasteiger charge is -2.05. The predicted molar refractivity (Wildman–Crippen MR) is 67.7 cm³/mol. The van der Waals surface area contributed by atoms with Crippen LogP contribution in [0.2, 0.25) is 0 Å². The number of carboxylic acid groups (broad SMARTS) is 1. The number of hydrogen-bond donors (Lipinski definition) is 1. The summed E-state index contributed by atoms with van der Waals surface area (Å²) in [6.07, 6.45) is 7.40. The molecule has 0 aromatic rings. The summed E-state index contributed by atoms with van der Waals surface area (Å²) >= 11 is 0.0556. The van der Waals surface area contributed by atoms with Crippen molar-refractivity contribution < 1.29 is 23.1 Å². The SMILES string of the molecule is O=C(O)CCCCCCCCCCSC(F)(F)F. The molecule has 0 aliphatic rings. The topological polar surface area (TPSA) is 37.3 Å². The molecule has 0 spiro atoms. The fourth-order valence-electron chi connectivity index (χ4n) is 1.63. The molecule has 2 nitrogen and oxygen atoms in total. The molecule has 18 heavy (non-hydrogen) atoms. The molecule has 0 saturated heterocycles. The molecule has 6 heteroatoms. The summed E-state index contributed by atoms with van der Waals surface area (Å²) in [5.74, 6) is -0.598. The maximum atomic E-state index is 11.8. The molecule has 108 valence electrons. The molecule has 0 aliphatic carbocycles. The van der Waals surface area contributed by atoms with Gasteiger partial charge in [-0.05, 0) is 12.8 Å². The highest BCUT2D eigenvalue weighted by molar-refractivity contribution is 8.00. The van der Waals surface area contributed by atoms with E-state index in [-0.39, 0.29) is 23.9 Å². The smallest absolute Gasteiger partial charge is 0.441 e. The van der Waals surface area contributed by atoms with Gasteiger partial charge in [-0.2, -0.15) is 13.2 Å². The Kier molecular flexibility index (Phi) is 10.3. The number of carbonyl (C=O) groups is 1. The number of rotatable bonds is 11. The largest absolute Gasteiger partial charge is 0.481 e. The Morgan fingerprint density at radius 3 is 1.78 bits per heavy atom. The van der Waals surface area contributed by atoms with Crippen LogP contribution in [0.4, 0.5) is 13.2 Å². The van der Waals surface area contributed by atoms with Gasteiger partial charge in [0.05, 0.1) is 0 Å². The first-order valence-electron chi connectivity index (χ1n) is 6.34. The molecule has 0 radical (unpaired) electrons. The van der Waals surface area contributed by atoms with Crippen molar-refractivity contribution >= 4 is 17.7 Å². The Morgan fingerprint density at radius 1 is 0.889 bits per heavy atom. The van der Waals surface area contributed by atoms with Crippen LogP contribution < -0.4 is 0 Å². The zero-order chi connectivity index (χ0) is 13.9. The second-order valence-corrected chi connectivity index (χ2v) is 5.43. The van der Waals surface area contributed by atoms with Gasteiger partial charge >= 0.3 is 11.5 Å². The zero-order valence-electron chi connectivity index (χ0n) is 10.5. The fourth-order valence-corrected chi connectivity index (χ4v) is 2.21. The van der Waals surface area contributed by atoms with E-state index >= 15 is 0 Å². The van der Waals surface area contributed by atoms with Crippen LogP contribution in [0.1, 0.15) is 57.8 Å². The monoisotopic (exact) mass is 286 g/mol. The molecule has 0 fully saturated rings. The minimum Gasteiger partial charge on any atom is -0.481 e. The van der Waals surface area contributed by atoms with Crippen LogP contribution in [-0.2, 0) is 4.79 Å². The Labute approximate surface area is 110 Å². The number of hydrogen-bond acceptors (Lipinski definition) is 2. The van der Waals surface area contributed by atoms with Gasteiger partial charge in [-0.15, -0.1) is 0 Å². The van der Waals surface area contributed by atoms with Crippen LogP contribution in [0, 0.1) is 0 Å². The Morgan fingerprint density at radius 2 is 1.33 bits per heavy atom. The highest BCUT2D eigenvalue weighted by Gasteiger charge is 2.27. The van der Waals surface area contributed by atoms with Crippen LogP contribution >= 0.6 is 11.8 Å². The molecule has 0 atom stereocenters. The van der Waals surface area contributed by atoms with Crippen molar-refractivity contribution in [2.45, 2.75) is 63.3 Å². The summed E-state index contributed by atoms with van der Waals surface area (Å²) in [6.45, 7) is 0. The van der Waals surface area contributed by atoms with Gasteiger partial charge in [-0.25, -0.2) is 0 Å². The van der Waals surface area contributed by atoms with Crippen molar-refractivity contribution in [2.75, 3.05) is 5.75 Å². The number of alkyl halides is 3.